The highest BCUT2D eigenvalue weighted by Crippen LogP contribution is 2.35. The van der Waals surface area contributed by atoms with Crippen molar-refractivity contribution in [3.63, 3.8) is 0 Å². The number of carbonyl (C=O) groups is 1. The van der Waals surface area contributed by atoms with Crippen molar-refractivity contribution >= 4 is 5.91 Å². The summed E-state index contributed by atoms with van der Waals surface area (Å²) in [4.78, 5) is 11.9. The minimum atomic E-state index is -1.04. The number of aliphatic hydroxyl groups excluding tert-OH is 1. The molecule has 2 aliphatic rings. The summed E-state index contributed by atoms with van der Waals surface area (Å²) in [5.74, 6) is 0.295. The summed E-state index contributed by atoms with van der Waals surface area (Å²) < 4.78 is 24.1. The molecule has 2 heterocycles. The lowest BCUT2D eigenvalue weighted by Gasteiger charge is -2.47. The molecule has 7 heteroatoms. The first-order chi connectivity index (χ1) is 15.2. The predicted octanol–water partition coefficient (Wildman–Crippen LogP) is 3.07. The summed E-state index contributed by atoms with van der Waals surface area (Å²) in [6.07, 6.45) is -3.75. The number of nitrogens with one attached hydrogen (secondary N) is 1. The summed E-state index contributed by atoms with van der Waals surface area (Å²) >= 11 is 0. The van der Waals surface area contributed by atoms with Gasteiger partial charge in [-0.3, -0.25) is 4.79 Å². The zero-order valence-corrected chi connectivity index (χ0v) is 18.9. The van der Waals surface area contributed by atoms with E-state index in [4.69, 9.17) is 18.9 Å². The highest BCUT2D eigenvalue weighted by molar-refractivity contribution is 5.73. The Kier molecular flexibility index (Phi) is 6.53. The molecule has 32 heavy (non-hydrogen) atoms. The first-order valence-corrected chi connectivity index (χ1v) is 10.9. The second kappa shape index (κ2) is 9.19. The molecule has 2 aromatic rings. The van der Waals surface area contributed by atoms with Crippen molar-refractivity contribution in [3.05, 3.63) is 65.7 Å². The number of hydrogen-bond acceptors (Lipinski definition) is 6. The molecule has 2 fully saturated rings. The van der Waals surface area contributed by atoms with Crippen molar-refractivity contribution in [2.24, 2.45) is 0 Å². The van der Waals surface area contributed by atoms with E-state index in [2.05, 4.69) is 26.1 Å². The lowest BCUT2D eigenvalue weighted by molar-refractivity contribution is -0.333. The van der Waals surface area contributed by atoms with Gasteiger partial charge in [-0.1, -0.05) is 63.2 Å². The minimum Gasteiger partial charge on any atom is -0.463 e. The fourth-order valence-electron chi connectivity index (χ4n) is 4.03. The molecule has 7 nitrogen and oxygen atoms in total. The van der Waals surface area contributed by atoms with Crippen molar-refractivity contribution in [3.8, 4) is 5.75 Å². The van der Waals surface area contributed by atoms with Crippen molar-refractivity contribution in [1.29, 1.82) is 0 Å². The molecule has 4 rings (SSSR count). The molecule has 0 bridgehead atoms. The van der Waals surface area contributed by atoms with E-state index < -0.39 is 36.9 Å². The monoisotopic (exact) mass is 441 g/mol. The number of aliphatic hydroxyl groups is 1. The van der Waals surface area contributed by atoms with Gasteiger partial charge in [-0.15, -0.1) is 0 Å². The molecule has 6 atom stereocenters. The molecule has 0 aliphatic carbocycles. The van der Waals surface area contributed by atoms with Gasteiger partial charge in [0.25, 0.3) is 0 Å². The van der Waals surface area contributed by atoms with Crippen LogP contribution in [-0.4, -0.2) is 48.3 Å². The van der Waals surface area contributed by atoms with E-state index in [0.29, 0.717) is 5.75 Å². The molecule has 172 valence electrons. The van der Waals surface area contributed by atoms with Crippen LogP contribution in [-0.2, 0) is 24.4 Å². The maximum absolute atomic E-state index is 11.9. The highest BCUT2D eigenvalue weighted by atomic mass is 16.7. The molecule has 0 aromatic heterocycles. The molecule has 0 radical (unpaired) electrons. The standard InChI is InChI=1S/C25H31NO6/c1-15(27)26-20-21(28)22-19(14-29-23(32-22)16-8-6-5-7-9-16)31-24(20)30-18-12-10-17(11-13-18)25(2,3)4/h5-13,19-24,28H,14H2,1-4H3,(H,26,27)/t19-,20-,21-,22+,23+,24+/m1/s1. The average molecular weight is 442 g/mol. The molecule has 1 amide bonds. The highest BCUT2D eigenvalue weighted by Gasteiger charge is 2.50. The number of hydrogen-bond donors (Lipinski definition) is 2. The van der Waals surface area contributed by atoms with Gasteiger partial charge in [-0.25, -0.2) is 0 Å². The normalized spacial score (nSPS) is 30.3. The lowest BCUT2D eigenvalue weighted by atomic mass is 9.87. The molecule has 2 aliphatic heterocycles. The van der Waals surface area contributed by atoms with Crippen LogP contribution < -0.4 is 10.1 Å². The number of benzene rings is 2. The SMILES string of the molecule is CC(=O)N[C@H]1[C@@H](Oc2ccc(C(C)(C)C)cc2)O[C@@H]2CO[C@H](c3ccccc3)O[C@@H]2[C@@H]1O. The van der Waals surface area contributed by atoms with E-state index in [-0.39, 0.29) is 17.9 Å². The number of amides is 1. The fraction of sp³-hybridized carbons (Fsp3) is 0.480. The third kappa shape index (κ3) is 4.96. The number of fused-ring (bicyclic) bond motifs is 1. The maximum atomic E-state index is 11.9. The Morgan fingerprint density at radius 2 is 1.75 bits per heavy atom. The van der Waals surface area contributed by atoms with Crippen LogP contribution in [0.25, 0.3) is 0 Å². The Balaban J connectivity index is 1.51. The first-order valence-electron chi connectivity index (χ1n) is 10.9. The molecule has 0 spiro atoms. The molecule has 0 unspecified atom stereocenters. The zero-order chi connectivity index (χ0) is 22.9. The third-order valence-electron chi connectivity index (χ3n) is 5.78. The van der Waals surface area contributed by atoms with E-state index in [0.717, 1.165) is 5.56 Å². The van der Waals surface area contributed by atoms with Crippen LogP contribution in [0.4, 0.5) is 0 Å². The Labute approximate surface area is 188 Å². The fourth-order valence-corrected chi connectivity index (χ4v) is 4.03. The molecule has 2 saturated heterocycles. The average Bonchev–Trinajstić information content (AvgIpc) is 2.76. The molecule has 0 saturated carbocycles. The van der Waals surface area contributed by atoms with Crippen molar-refractivity contribution in [1.82, 2.24) is 5.32 Å². The minimum absolute atomic E-state index is 0.0219. The van der Waals surface area contributed by atoms with E-state index in [9.17, 15) is 9.90 Å². The summed E-state index contributed by atoms with van der Waals surface area (Å²) in [6.45, 7) is 8.05. The van der Waals surface area contributed by atoms with Crippen LogP contribution in [0.1, 0.15) is 45.1 Å². The van der Waals surface area contributed by atoms with Gasteiger partial charge in [0.05, 0.1) is 6.61 Å². The zero-order valence-electron chi connectivity index (χ0n) is 18.9. The number of carbonyl (C=O) groups excluding carboxylic acids is 1. The van der Waals surface area contributed by atoms with Gasteiger partial charge in [0, 0.05) is 12.5 Å². The van der Waals surface area contributed by atoms with Gasteiger partial charge in [-0.05, 0) is 23.1 Å². The van der Waals surface area contributed by atoms with Gasteiger partial charge in [0.1, 0.15) is 30.1 Å². The van der Waals surface area contributed by atoms with Gasteiger partial charge in [0.15, 0.2) is 6.29 Å². The number of ether oxygens (including phenoxy) is 4. The van der Waals surface area contributed by atoms with Crippen LogP contribution in [0.2, 0.25) is 0 Å². The molecule has 2 aromatic carbocycles. The van der Waals surface area contributed by atoms with Crippen LogP contribution >= 0.6 is 0 Å². The van der Waals surface area contributed by atoms with Crippen molar-refractivity contribution in [2.45, 2.75) is 70.0 Å². The van der Waals surface area contributed by atoms with E-state index in [1.807, 2.05) is 54.6 Å². The smallest absolute Gasteiger partial charge is 0.223 e. The third-order valence-corrected chi connectivity index (χ3v) is 5.78. The van der Waals surface area contributed by atoms with Crippen LogP contribution in [0.5, 0.6) is 5.75 Å². The molecular formula is C25H31NO6. The topological polar surface area (TPSA) is 86.3 Å². The summed E-state index contributed by atoms with van der Waals surface area (Å²) in [5, 5.41) is 13.9. The maximum Gasteiger partial charge on any atom is 0.223 e. The predicted molar refractivity (Wildman–Crippen MR) is 118 cm³/mol. The van der Waals surface area contributed by atoms with Gasteiger partial charge in [-0.2, -0.15) is 0 Å². The van der Waals surface area contributed by atoms with E-state index in [1.54, 1.807) is 0 Å². The van der Waals surface area contributed by atoms with Crippen LogP contribution in [0.15, 0.2) is 54.6 Å². The second-order valence-electron chi connectivity index (χ2n) is 9.33. The summed E-state index contributed by atoms with van der Waals surface area (Å²) in [7, 11) is 0. The van der Waals surface area contributed by atoms with Gasteiger partial charge in [0.2, 0.25) is 12.2 Å². The number of rotatable bonds is 4. The Hall–Kier alpha value is -2.45. The Morgan fingerprint density at radius 1 is 1.06 bits per heavy atom. The van der Waals surface area contributed by atoms with Crippen molar-refractivity contribution < 1.29 is 28.8 Å². The molecule has 2 N–H and O–H groups in total. The van der Waals surface area contributed by atoms with Crippen molar-refractivity contribution in [2.75, 3.05) is 6.61 Å². The summed E-state index contributed by atoms with van der Waals surface area (Å²) in [5.41, 5.74) is 2.05. The summed E-state index contributed by atoms with van der Waals surface area (Å²) in [6, 6.07) is 16.5. The van der Waals surface area contributed by atoms with E-state index in [1.165, 1.54) is 12.5 Å². The molecular weight excluding hydrogens is 410 g/mol. The largest absolute Gasteiger partial charge is 0.463 e. The van der Waals surface area contributed by atoms with Gasteiger partial charge >= 0.3 is 0 Å². The van der Waals surface area contributed by atoms with Crippen LogP contribution in [0.3, 0.4) is 0 Å². The second-order valence-corrected chi connectivity index (χ2v) is 9.33. The quantitative estimate of drug-likeness (QED) is 0.759. The van der Waals surface area contributed by atoms with E-state index >= 15 is 0 Å². The first kappa shape index (κ1) is 22.7. The Morgan fingerprint density at radius 3 is 2.38 bits per heavy atom. The lowest BCUT2D eigenvalue weighted by Crippen LogP contribution is -2.67. The Bertz CT molecular complexity index is 910. The van der Waals surface area contributed by atoms with Crippen LogP contribution in [0, 0.1) is 0 Å². The van der Waals surface area contributed by atoms with Gasteiger partial charge < -0.3 is 29.4 Å².